The maximum absolute atomic E-state index is 12.0. The molecule has 2 aromatic carbocycles. The molecule has 0 bridgehead atoms. The lowest BCUT2D eigenvalue weighted by atomic mass is 10.2. The van der Waals surface area contributed by atoms with Gasteiger partial charge in [0.2, 0.25) is 17.6 Å². The summed E-state index contributed by atoms with van der Waals surface area (Å²) >= 11 is 17.6. The van der Waals surface area contributed by atoms with E-state index in [1.165, 1.54) is 0 Å². The molecule has 0 spiro atoms. The van der Waals surface area contributed by atoms with E-state index in [0.717, 1.165) is 5.56 Å². The number of aryl methyl sites for hydroxylation is 1. The Balaban J connectivity index is 1.57. The van der Waals surface area contributed by atoms with Crippen LogP contribution in [0.3, 0.4) is 0 Å². The van der Waals surface area contributed by atoms with Gasteiger partial charge >= 0.3 is 0 Å². The smallest absolute Gasteiger partial charge is 0.227 e. The van der Waals surface area contributed by atoms with Crippen molar-refractivity contribution in [3.8, 4) is 11.4 Å². The molecule has 1 heterocycles. The summed E-state index contributed by atoms with van der Waals surface area (Å²) in [5, 5.41) is 8.09. The molecule has 1 aromatic heterocycles. The van der Waals surface area contributed by atoms with Gasteiger partial charge in [0.05, 0.1) is 10.0 Å². The van der Waals surface area contributed by atoms with Crippen LogP contribution in [0.25, 0.3) is 11.4 Å². The van der Waals surface area contributed by atoms with Crippen molar-refractivity contribution in [1.82, 2.24) is 10.1 Å². The molecule has 0 aliphatic rings. The fraction of sp³-hybridized carbons (Fsp3) is 0.118. The SMILES string of the molecule is O=C(CCc1nc(-c2ccc(Cl)cc2)no1)Nc1ccc(Cl)c(Cl)c1. The lowest BCUT2D eigenvalue weighted by molar-refractivity contribution is -0.116. The number of hydrogen-bond acceptors (Lipinski definition) is 4. The van der Waals surface area contributed by atoms with E-state index in [1.807, 2.05) is 0 Å². The van der Waals surface area contributed by atoms with Gasteiger partial charge in [0, 0.05) is 29.1 Å². The minimum absolute atomic E-state index is 0.190. The molecule has 3 rings (SSSR count). The molecule has 5 nitrogen and oxygen atoms in total. The average Bonchev–Trinajstić information content (AvgIpc) is 3.06. The second kappa shape index (κ2) is 7.87. The van der Waals surface area contributed by atoms with Gasteiger partial charge in [0.1, 0.15) is 0 Å². The van der Waals surface area contributed by atoms with Crippen LogP contribution in [0.5, 0.6) is 0 Å². The van der Waals surface area contributed by atoms with Crippen molar-refractivity contribution in [2.24, 2.45) is 0 Å². The molecular formula is C17H12Cl3N3O2. The Bertz CT molecular complexity index is 894. The van der Waals surface area contributed by atoms with Gasteiger partial charge in [-0.25, -0.2) is 0 Å². The summed E-state index contributed by atoms with van der Waals surface area (Å²) in [5.41, 5.74) is 1.37. The Morgan fingerprint density at radius 2 is 1.80 bits per heavy atom. The number of amides is 1. The van der Waals surface area contributed by atoms with Gasteiger partial charge in [-0.1, -0.05) is 40.0 Å². The molecule has 0 fully saturated rings. The first-order chi connectivity index (χ1) is 12.0. The van der Waals surface area contributed by atoms with Crippen LogP contribution in [0, 0.1) is 0 Å². The molecule has 0 aliphatic heterocycles. The molecule has 25 heavy (non-hydrogen) atoms. The molecule has 1 amide bonds. The Morgan fingerprint density at radius 1 is 1.04 bits per heavy atom. The number of hydrogen-bond donors (Lipinski definition) is 1. The van der Waals surface area contributed by atoms with Crippen LogP contribution in [0.4, 0.5) is 5.69 Å². The summed E-state index contributed by atoms with van der Waals surface area (Å²) in [6.45, 7) is 0. The van der Waals surface area contributed by atoms with Gasteiger partial charge in [-0.15, -0.1) is 0 Å². The predicted octanol–water partition coefficient (Wildman–Crippen LogP) is 5.27. The number of aromatic nitrogens is 2. The van der Waals surface area contributed by atoms with Gasteiger partial charge < -0.3 is 9.84 Å². The summed E-state index contributed by atoms with van der Waals surface area (Å²) < 4.78 is 5.17. The van der Waals surface area contributed by atoms with E-state index in [-0.39, 0.29) is 12.3 Å². The summed E-state index contributed by atoms with van der Waals surface area (Å²) in [6.07, 6.45) is 0.524. The molecule has 0 saturated carbocycles. The van der Waals surface area contributed by atoms with Gasteiger partial charge in [0.15, 0.2) is 0 Å². The first-order valence-electron chi connectivity index (χ1n) is 7.35. The molecule has 3 aromatic rings. The third kappa shape index (κ3) is 4.72. The highest BCUT2D eigenvalue weighted by Gasteiger charge is 2.11. The van der Waals surface area contributed by atoms with Crippen LogP contribution >= 0.6 is 34.8 Å². The van der Waals surface area contributed by atoms with Crippen molar-refractivity contribution in [1.29, 1.82) is 0 Å². The number of halogens is 3. The molecule has 8 heteroatoms. The molecule has 0 unspecified atom stereocenters. The minimum atomic E-state index is -0.190. The standard InChI is InChI=1S/C17H12Cl3N3O2/c18-11-3-1-10(2-4-11)17-22-16(25-23-17)8-7-15(24)21-12-5-6-13(19)14(20)9-12/h1-6,9H,7-8H2,(H,21,24). The molecule has 0 radical (unpaired) electrons. The number of rotatable bonds is 5. The molecular weight excluding hydrogens is 385 g/mol. The Kier molecular flexibility index (Phi) is 5.58. The van der Waals surface area contributed by atoms with E-state index < -0.39 is 0 Å². The van der Waals surface area contributed by atoms with Crippen molar-refractivity contribution in [2.45, 2.75) is 12.8 Å². The molecule has 128 valence electrons. The van der Waals surface area contributed by atoms with Crippen molar-refractivity contribution in [3.05, 3.63) is 63.4 Å². The van der Waals surface area contributed by atoms with Crippen molar-refractivity contribution in [3.63, 3.8) is 0 Å². The number of carbonyl (C=O) groups excluding carboxylic acids is 1. The quantitative estimate of drug-likeness (QED) is 0.638. The lowest BCUT2D eigenvalue weighted by Crippen LogP contribution is -2.12. The summed E-state index contributed by atoms with van der Waals surface area (Å²) in [7, 11) is 0. The van der Waals surface area contributed by atoms with E-state index in [1.54, 1.807) is 42.5 Å². The number of carbonyl (C=O) groups is 1. The van der Waals surface area contributed by atoms with E-state index in [0.29, 0.717) is 38.9 Å². The minimum Gasteiger partial charge on any atom is -0.339 e. The third-order valence-corrected chi connectivity index (χ3v) is 4.33. The highest BCUT2D eigenvalue weighted by Crippen LogP contribution is 2.25. The first-order valence-corrected chi connectivity index (χ1v) is 8.48. The molecule has 0 aliphatic carbocycles. The maximum atomic E-state index is 12.0. The predicted molar refractivity (Wildman–Crippen MR) is 98.2 cm³/mol. The number of nitrogens with one attached hydrogen (secondary N) is 1. The molecule has 0 atom stereocenters. The number of benzene rings is 2. The average molecular weight is 397 g/mol. The maximum Gasteiger partial charge on any atom is 0.227 e. The van der Waals surface area contributed by atoms with Gasteiger partial charge in [-0.2, -0.15) is 4.98 Å². The Labute approximate surface area is 158 Å². The van der Waals surface area contributed by atoms with Crippen LogP contribution in [-0.4, -0.2) is 16.0 Å². The molecule has 1 N–H and O–H groups in total. The van der Waals surface area contributed by atoms with Crippen LogP contribution in [0.2, 0.25) is 15.1 Å². The van der Waals surface area contributed by atoms with Crippen LogP contribution in [0.1, 0.15) is 12.3 Å². The highest BCUT2D eigenvalue weighted by molar-refractivity contribution is 6.42. The topological polar surface area (TPSA) is 68.0 Å². The highest BCUT2D eigenvalue weighted by atomic mass is 35.5. The van der Waals surface area contributed by atoms with Gasteiger partial charge in [0.25, 0.3) is 0 Å². The summed E-state index contributed by atoms with van der Waals surface area (Å²) in [6, 6.07) is 12.0. The largest absolute Gasteiger partial charge is 0.339 e. The summed E-state index contributed by atoms with van der Waals surface area (Å²) in [5.74, 6) is 0.649. The van der Waals surface area contributed by atoms with Crippen LogP contribution < -0.4 is 5.32 Å². The van der Waals surface area contributed by atoms with Gasteiger partial charge in [-0.05, 0) is 42.5 Å². The second-order valence-electron chi connectivity index (χ2n) is 5.20. The zero-order valence-corrected chi connectivity index (χ0v) is 15.1. The van der Waals surface area contributed by atoms with E-state index in [4.69, 9.17) is 39.3 Å². The fourth-order valence-electron chi connectivity index (χ4n) is 2.09. The lowest BCUT2D eigenvalue weighted by Gasteiger charge is -2.05. The normalized spacial score (nSPS) is 10.7. The van der Waals surface area contributed by atoms with E-state index >= 15 is 0 Å². The second-order valence-corrected chi connectivity index (χ2v) is 6.45. The van der Waals surface area contributed by atoms with Crippen molar-refractivity contribution >= 4 is 46.4 Å². The summed E-state index contributed by atoms with van der Waals surface area (Å²) in [4.78, 5) is 16.3. The number of anilines is 1. The molecule has 0 saturated heterocycles. The van der Waals surface area contributed by atoms with Gasteiger partial charge in [-0.3, -0.25) is 4.79 Å². The Hall–Kier alpha value is -2.08. The fourth-order valence-corrected chi connectivity index (χ4v) is 2.51. The number of nitrogens with zero attached hydrogens (tertiary/aromatic N) is 2. The third-order valence-electron chi connectivity index (χ3n) is 3.34. The first kappa shape index (κ1) is 17.7. The zero-order chi connectivity index (χ0) is 17.8. The van der Waals surface area contributed by atoms with Crippen LogP contribution in [-0.2, 0) is 11.2 Å². The monoisotopic (exact) mass is 395 g/mol. The Morgan fingerprint density at radius 3 is 2.52 bits per heavy atom. The van der Waals surface area contributed by atoms with Crippen molar-refractivity contribution in [2.75, 3.05) is 5.32 Å². The van der Waals surface area contributed by atoms with Crippen molar-refractivity contribution < 1.29 is 9.32 Å². The van der Waals surface area contributed by atoms with E-state index in [9.17, 15) is 4.79 Å². The zero-order valence-electron chi connectivity index (χ0n) is 12.8. The van der Waals surface area contributed by atoms with E-state index in [2.05, 4.69) is 15.5 Å². The van der Waals surface area contributed by atoms with Crippen LogP contribution in [0.15, 0.2) is 47.0 Å².